The molecular weight excluding hydrogens is 280 g/mol. The van der Waals surface area contributed by atoms with Gasteiger partial charge in [-0.2, -0.15) is 5.10 Å². The van der Waals surface area contributed by atoms with Gasteiger partial charge in [0.15, 0.2) is 0 Å². The van der Waals surface area contributed by atoms with Gasteiger partial charge in [0.1, 0.15) is 11.5 Å². The number of aromatic amines is 1. The van der Waals surface area contributed by atoms with Crippen LogP contribution in [-0.4, -0.2) is 50.1 Å². The molecule has 114 valence electrons. The van der Waals surface area contributed by atoms with E-state index < -0.39 is 0 Å². The van der Waals surface area contributed by atoms with Gasteiger partial charge in [-0.3, -0.25) is 14.9 Å². The van der Waals surface area contributed by atoms with Gasteiger partial charge in [0.05, 0.1) is 6.20 Å². The molecule has 0 radical (unpaired) electrons. The van der Waals surface area contributed by atoms with Crippen LogP contribution in [0.2, 0.25) is 0 Å². The summed E-state index contributed by atoms with van der Waals surface area (Å²) in [7, 11) is 0. The Morgan fingerprint density at radius 1 is 1.27 bits per heavy atom. The van der Waals surface area contributed by atoms with Crippen LogP contribution in [0.15, 0.2) is 30.9 Å². The molecule has 1 aliphatic heterocycles. The number of likely N-dealkylation sites (tertiary alicyclic amines) is 1. The van der Waals surface area contributed by atoms with Crippen molar-refractivity contribution in [2.45, 2.75) is 18.9 Å². The molecule has 1 saturated carbocycles. The van der Waals surface area contributed by atoms with Gasteiger partial charge in [0.2, 0.25) is 0 Å². The highest BCUT2D eigenvalue weighted by Crippen LogP contribution is 2.39. The van der Waals surface area contributed by atoms with Crippen LogP contribution >= 0.6 is 0 Å². The van der Waals surface area contributed by atoms with E-state index in [9.17, 15) is 4.79 Å². The van der Waals surface area contributed by atoms with Crippen molar-refractivity contribution in [1.82, 2.24) is 25.1 Å². The summed E-state index contributed by atoms with van der Waals surface area (Å²) in [4.78, 5) is 22.7. The topological polar surface area (TPSA) is 86.8 Å². The third kappa shape index (κ3) is 2.32. The standard InChI is InChI=1S/C15H18N6O/c22-15(13-3-4-18-20-13)21-8-10-1-2-12(11(10)9-21)19-14-7-16-5-6-17-14/h3-7,10-12H,1-2,8-9H2,(H,17,19)(H,18,20)/t10-,11+,12-/m1/s1. The first kappa shape index (κ1) is 13.2. The van der Waals surface area contributed by atoms with Gasteiger partial charge in [-0.1, -0.05) is 0 Å². The van der Waals surface area contributed by atoms with E-state index >= 15 is 0 Å². The predicted molar refractivity (Wildman–Crippen MR) is 80.1 cm³/mol. The van der Waals surface area contributed by atoms with E-state index in [1.165, 1.54) is 0 Å². The fourth-order valence-corrected chi connectivity index (χ4v) is 3.72. The zero-order valence-corrected chi connectivity index (χ0v) is 12.1. The zero-order chi connectivity index (χ0) is 14.9. The van der Waals surface area contributed by atoms with Crippen molar-refractivity contribution in [1.29, 1.82) is 0 Å². The van der Waals surface area contributed by atoms with Crippen LogP contribution in [0.4, 0.5) is 5.82 Å². The van der Waals surface area contributed by atoms with Crippen LogP contribution in [0.3, 0.4) is 0 Å². The van der Waals surface area contributed by atoms with Gasteiger partial charge >= 0.3 is 0 Å². The van der Waals surface area contributed by atoms with Gasteiger partial charge in [0.25, 0.3) is 5.91 Å². The molecule has 0 aromatic carbocycles. The second kappa shape index (κ2) is 5.40. The van der Waals surface area contributed by atoms with Crippen LogP contribution in [0.1, 0.15) is 23.3 Å². The van der Waals surface area contributed by atoms with E-state index in [1.54, 1.807) is 30.9 Å². The molecule has 2 aliphatic rings. The Hall–Kier alpha value is -2.44. The fraction of sp³-hybridized carbons (Fsp3) is 0.467. The van der Waals surface area contributed by atoms with Crippen molar-refractivity contribution in [2.75, 3.05) is 18.4 Å². The number of rotatable bonds is 3. The molecule has 22 heavy (non-hydrogen) atoms. The number of fused-ring (bicyclic) bond motifs is 1. The highest BCUT2D eigenvalue weighted by Gasteiger charge is 2.44. The van der Waals surface area contributed by atoms with Crippen molar-refractivity contribution >= 4 is 11.7 Å². The number of H-pyrrole nitrogens is 1. The number of carbonyl (C=O) groups is 1. The quantitative estimate of drug-likeness (QED) is 0.888. The number of aromatic nitrogens is 4. The molecule has 7 heteroatoms. The van der Waals surface area contributed by atoms with Gasteiger partial charge in [0, 0.05) is 43.6 Å². The van der Waals surface area contributed by atoms with Crippen LogP contribution in [0.5, 0.6) is 0 Å². The van der Waals surface area contributed by atoms with Crippen molar-refractivity contribution in [2.24, 2.45) is 11.8 Å². The summed E-state index contributed by atoms with van der Waals surface area (Å²) in [5, 5.41) is 10.1. The van der Waals surface area contributed by atoms with Crippen LogP contribution in [-0.2, 0) is 0 Å². The van der Waals surface area contributed by atoms with Gasteiger partial charge in [-0.25, -0.2) is 4.98 Å². The average Bonchev–Trinajstić information content (AvgIpc) is 3.26. The highest BCUT2D eigenvalue weighted by atomic mass is 16.2. The SMILES string of the molecule is O=C(c1ccn[nH]1)N1C[C@H]2CC[C@@H](Nc3cnccn3)[C@H]2C1. The third-order valence-electron chi connectivity index (χ3n) is 4.77. The summed E-state index contributed by atoms with van der Waals surface area (Å²) in [6.45, 7) is 1.63. The number of carbonyl (C=O) groups excluding carboxylic acids is 1. The number of hydrogen-bond donors (Lipinski definition) is 2. The summed E-state index contributed by atoms with van der Waals surface area (Å²) >= 11 is 0. The van der Waals surface area contributed by atoms with E-state index in [0.717, 1.165) is 31.7 Å². The van der Waals surface area contributed by atoms with Crippen LogP contribution in [0.25, 0.3) is 0 Å². The Morgan fingerprint density at radius 2 is 2.23 bits per heavy atom. The Balaban J connectivity index is 1.44. The molecule has 0 bridgehead atoms. The lowest BCUT2D eigenvalue weighted by Crippen LogP contribution is -2.33. The van der Waals surface area contributed by atoms with Crippen molar-refractivity contribution in [3.8, 4) is 0 Å². The van der Waals surface area contributed by atoms with E-state index in [4.69, 9.17) is 0 Å². The maximum atomic E-state index is 12.4. The van der Waals surface area contributed by atoms with Crippen molar-refractivity contribution < 1.29 is 4.79 Å². The minimum absolute atomic E-state index is 0.0464. The first-order valence-electron chi connectivity index (χ1n) is 7.62. The first-order valence-corrected chi connectivity index (χ1v) is 7.62. The van der Waals surface area contributed by atoms with E-state index in [0.29, 0.717) is 23.6 Å². The largest absolute Gasteiger partial charge is 0.366 e. The fourth-order valence-electron chi connectivity index (χ4n) is 3.72. The number of nitrogens with zero attached hydrogens (tertiary/aromatic N) is 4. The summed E-state index contributed by atoms with van der Waals surface area (Å²) < 4.78 is 0. The minimum atomic E-state index is 0.0464. The summed E-state index contributed by atoms with van der Waals surface area (Å²) in [6, 6.07) is 2.09. The first-order chi connectivity index (χ1) is 10.8. The maximum absolute atomic E-state index is 12.4. The second-order valence-corrected chi connectivity index (χ2v) is 6.02. The molecule has 0 spiro atoms. The lowest BCUT2D eigenvalue weighted by atomic mass is 9.98. The zero-order valence-electron chi connectivity index (χ0n) is 12.1. The maximum Gasteiger partial charge on any atom is 0.271 e. The Morgan fingerprint density at radius 3 is 3.00 bits per heavy atom. The second-order valence-electron chi connectivity index (χ2n) is 6.02. The Kier molecular flexibility index (Phi) is 3.25. The molecule has 3 atom stereocenters. The lowest BCUT2D eigenvalue weighted by Gasteiger charge is -2.21. The molecule has 2 fully saturated rings. The van der Waals surface area contributed by atoms with E-state index in [-0.39, 0.29) is 5.91 Å². The smallest absolute Gasteiger partial charge is 0.271 e. The molecule has 2 N–H and O–H groups in total. The molecule has 1 aliphatic carbocycles. The molecular formula is C15H18N6O. The molecule has 2 aromatic heterocycles. The summed E-state index contributed by atoms with van der Waals surface area (Å²) in [6.07, 6.45) is 8.99. The molecule has 7 nitrogen and oxygen atoms in total. The number of hydrogen-bond acceptors (Lipinski definition) is 5. The van der Waals surface area contributed by atoms with Crippen LogP contribution < -0.4 is 5.32 Å². The van der Waals surface area contributed by atoms with Crippen molar-refractivity contribution in [3.05, 3.63) is 36.5 Å². The highest BCUT2D eigenvalue weighted by molar-refractivity contribution is 5.92. The van der Waals surface area contributed by atoms with Crippen LogP contribution in [0, 0.1) is 11.8 Å². The lowest BCUT2D eigenvalue weighted by molar-refractivity contribution is 0.0774. The molecule has 0 unspecified atom stereocenters. The van der Waals surface area contributed by atoms with Gasteiger partial charge < -0.3 is 10.2 Å². The summed E-state index contributed by atoms with van der Waals surface area (Å²) in [5.74, 6) is 1.91. The predicted octanol–water partition coefficient (Wildman–Crippen LogP) is 1.16. The monoisotopic (exact) mass is 298 g/mol. The van der Waals surface area contributed by atoms with E-state index in [1.807, 2.05) is 4.90 Å². The number of amides is 1. The molecule has 1 amide bonds. The normalized spacial score (nSPS) is 26.9. The molecule has 3 heterocycles. The minimum Gasteiger partial charge on any atom is -0.366 e. The third-order valence-corrected chi connectivity index (χ3v) is 4.77. The number of nitrogens with one attached hydrogen (secondary N) is 2. The van der Waals surface area contributed by atoms with E-state index in [2.05, 4.69) is 25.5 Å². The Bertz CT molecular complexity index is 643. The van der Waals surface area contributed by atoms with Gasteiger partial charge in [-0.05, 0) is 24.8 Å². The van der Waals surface area contributed by atoms with Gasteiger partial charge in [-0.15, -0.1) is 0 Å². The molecule has 1 saturated heterocycles. The Labute approximate surface area is 128 Å². The molecule has 4 rings (SSSR count). The average molecular weight is 298 g/mol. The molecule has 2 aromatic rings. The van der Waals surface area contributed by atoms with Crippen molar-refractivity contribution in [3.63, 3.8) is 0 Å². The summed E-state index contributed by atoms with van der Waals surface area (Å²) in [5.41, 5.74) is 0.568. The number of anilines is 1.